The summed E-state index contributed by atoms with van der Waals surface area (Å²) in [6.07, 6.45) is 6.12. The summed E-state index contributed by atoms with van der Waals surface area (Å²) in [5, 5.41) is 3.04. The highest BCUT2D eigenvalue weighted by atomic mass is 16.5. The van der Waals surface area contributed by atoms with Gasteiger partial charge in [-0.15, -0.1) is 0 Å². The normalized spacial score (nSPS) is 21.7. The van der Waals surface area contributed by atoms with Gasteiger partial charge in [-0.2, -0.15) is 0 Å². The van der Waals surface area contributed by atoms with Crippen molar-refractivity contribution < 1.29 is 14.3 Å². The van der Waals surface area contributed by atoms with Gasteiger partial charge in [-0.3, -0.25) is 9.59 Å². The standard InChI is InChI=1S/C17H30N2O3/c1-13(2)12-15(17(21)19-8-10-22-11-9-19)18-16(20)14-6-4-3-5-7-14/h13-15H,3-12H2,1-2H3,(H,18,20)/t15-/m0/s1. The zero-order valence-corrected chi connectivity index (χ0v) is 14.0. The highest BCUT2D eigenvalue weighted by Crippen LogP contribution is 2.24. The summed E-state index contributed by atoms with van der Waals surface area (Å²) >= 11 is 0. The summed E-state index contributed by atoms with van der Waals surface area (Å²) in [6, 6.07) is -0.382. The zero-order valence-electron chi connectivity index (χ0n) is 14.0. The number of amides is 2. The Balaban J connectivity index is 1.95. The van der Waals surface area contributed by atoms with Crippen LogP contribution in [-0.2, 0) is 14.3 Å². The highest BCUT2D eigenvalue weighted by Gasteiger charge is 2.30. The summed E-state index contributed by atoms with van der Waals surface area (Å²) in [7, 11) is 0. The molecule has 22 heavy (non-hydrogen) atoms. The molecule has 1 heterocycles. The van der Waals surface area contributed by atoms with E-state index in [0.29, 0.717) is 38.6 Å². The van der Waals surface area contributed by atoms with Gasteiger partial charge in [0.15, 0.2) is 0 Å². The van der Waals surface area contributed by atoms with E-state index in [4.69, 9.17) is 4.74 Å². The second-order valence-electron chi connectivity index (χ2n) is 6.96. The predicted octanol–water partition coefficient (Wildman–Crippen LogP) is 1.96. The summed E-state index contributed by atoms with van der Waals surface area (Å²) in [6.45, 7) is 6.63. The Morgan fingerprint density at radius 3 is 2.36 bits per heavy atom. The van der Waals surface area contributed by atoms with E-state index < -0.39 is 0 Å². The van der Waals surface area contributed by atoms with Crippen LogP contribution >= 0.6 is 0 Å². The topological polar surface area (TPSA) is 58.6 Å². The van der Waals surface area contributed by atoms with E-state index in [2.05, 4.69) is 19.2 Å². The van der Waals surface area contributed by atoms with E-state index in [1.165, 1.54) is 6.42 Å². The number of hydrogen-bond donors (Lipinski definition) is 1. The molecule has 1 N–H and O–H groups in total. The molecule has 0 radical (unpaired) electrons. The molecule has 5 heteroatoms. The van der Waals surface area contributed by atoms with Gasteiger partial charge in [0.1, 0.15) is 6.04 Å². The van der Waals surface area contributed by atoms with Crippen molar-refractivity contribution in [2.45, 2.75) is 58.4 Å². The lowest BCUT2D eigenvalue weighted by molar-refractivity contribution is -0.141. The minimum atomic E-state index is -0.382. The minimum Gasteiger partial charge on any atom is -0.378 e. The van der Waals surface area contributed by atoms with Gasteiger partial charge in [0.2, 0.25) is 11.8 Å². The molecule has 0 bridgehead atoms. The number of nitrogens with zero attached hydrogens (tertiary/aromatic N) is 1. The van der Waals surface area contributed by atoms with Gasteiger partial charge >= 0.3 is 0 Å². The smallest absolute Gasteiger partial charge is 0.245 e. The van der Waals surface area contributed by atoms with E-state index in [9.17, 15) is 9.59 Å². The Morgan fingerprint density at radius 2 is 1.77 bits per heavy atom. The van der Waals surface area contributed by atoms with Crippen molar-refractivity contribution in [3.8, 4) is 0 Å². The third-order valence-electron chi connectivity index (χ3n) is 4.62. The van der Waals surface area contributed by atoms with Gasteiger partial charge < -0.3 is 15.0 Å². The number of nitrogens with one attached hydrogen (secondary N) is 1. The van der Waals surface area contributed by atoms with Crippen LogP contribution in [0.15, 0.2) is 0 Å². The molecule has 0 aromatic rings. The molecule has 0 aromatic heterocycles. The first-order valence-corrected chi connectivity index (χ1v) is 8.75. The average Bonchev–Trinajstić information content (AvgIpc) is 2.54. The Kier molecular flexibility index (Phi) is 6.68. The molecule has 126 valence electrons. The number of morpholine rings is 1. The van der Waals surface area contributed by atoms with E-state index in [1.807, 2.05) is 4.90 Å². The summed E-state index contributed by atoms with van der Waals surface area (Å²) in [5.74, 6) is 0.607. The summed E-state index contributed by atoms with van der Waals surface area (Å²) < 4.78 is 5.31. The van der Waals surface area contributed by atoms with Gasteiger partial charge in [0.05, 0.1) is 13.2 Å². The maximum absolute atomic E-state index is 12.7. The van der Waals surface area contributed by atoms with E-state index in [0.717, 1.165) is 25.7 Å². The van der Waals surface area contributed by atoms with Crippen molar-refractivity contribution in [1.29, 1.82) is 0 Å². The molecular weight excluding hydrogens is 280 g/mol. The number of hydrogen-bond acceptors (Lipinski definition) is 3. The van der Waals surface area contributed by atoms with Crippen LogP contribution in [0.5, 0.6) is 0 Å². The average molecular weight is 310 g/mol. The molecule has 2 fully saturated rings. The van der Waals surface area contributed by atoms with Crippen LogP contribution < -0.4 is 5.32 Å². The van der Waals surface area contributed by atoms with Crippen molar-refractivity contribution in [2.75, 3.05) is 26.3 Å². The van der Waals surface area contributed by atoms with Gasteiger partial charge in [-0.1, -0.05) is 33.1 Å². The molecule has 1 saturated heterocycles. The van der Waals surface area contributed by atoms with Crippen LogP contribution in [0.2, 0.25) is 0 Å². The predicted molar refractivity (Wildman–Crippen MR) is 85.4 cm³/mol. The SMILES string of the molecule is CC(C)C[C@H](NC(=O)C1CCCCC1)C(=O)N1CCOCC1. The number of rotatable bonds is 5. The molecule has 0 aromatic carbocycles. The molecular formula is C17H30N2O3. The maximum Gasteiger partial charge on any atom is 0.245 e. The zero-order chi connectivity index (χ0) is 15.9. The third-order valence-corrected chi connectivity index (χ3v) is 4.62. The Hall–Kier alpha value is -1.10. The van der Waals surface area contributed by atoms with Crippen LogP contribution in [0, 0.1) is 11.8 Å². The minimum absolute atomic E-state index is 0.0566. The molecule has 5 nitrogen and oxygen atoms in total. The molecule has 2 aliphatic rings. The van der Waals surface area contributed by atoms with Crippen LogP contribution in [0.4, 0.5) is 0 Å². The Morgan fingerprint density at radius 1 is 1.14 bits per heavy atom. The van der Waals surface area contributed by atoms with Crippen molar-refractivity contribution in [2.24, 2.45) is 11.8 Å². The second kappa shape index (κ2) is 8.51. The van der Waals surface area contributed by atoms with Gasteiger partial charge in [0.25, 0.3) is 0 Å². The fourth-order valence-corrected chi connectivity index (χ4v) is 3.35. The Bertz CT molecular complexity index is 372. The van der Waals surface area contributed by atoms with Gasteiger partial charge in [-0.05, 0) is 25.2 Å². The fraction of sp³-hybridized carbons (Fsp3) is 0.882. The van der Waals surface area contributed by atoms with Crippen molar-refractivity contribution in [3.63, 3.8) is 0 Å². The molecule has 1 aliphatic heterocycles. The van der Waals surface area contributed by atoms with Crippen molar-refractivity contribution in [3.05, 3.63) is 0 Å². The maximum atomic E-state index is 12.7. The lowest BCUT2D eigenvalue weighted by atomic mass is 9.88. The van der Waals surface area contributed by atoms with Crippen LogP contribution in [0.25, 0.3) is 0 Å². The molecule has 1 atom stereocenters. The fourth-order valence-electron chi connectivity index (χ4n) is 3.35. The van der Waals surface area contributed by atoms with Crippen LogP contribution in [0.1, 0.15) is 52.4 Å². The first-order chi connectivity index (χ1) is 10.6. The molecule has 2 amide bonds. The van der Waals surface area contributed by atoms with Crippen molar-refractivity contribution >= 4 is 11.8 Å². The summed E-state index contributed by atoms with van der Waals surface area (Å²) in [5.41, 5.74) is 0. The van der Waals surface area contributed by atoms with Crippen LogP contribution in [0.3, 0.4) is 0 Å². The van der Waals surface area contributed by atoms with E-state index in [-0.39, 0.29) is 23.8 Å². The summed E-state index contributed by atoms with van der Waals surface area (Å²) in [4.78, 5) is 27.0. The first-order valence-electron chi connectivity index (χ1n) is 8.75. The molecule has 0 spiro atoms. The molecule has 1 aliphatic carbocycles. The highest BCUT2D eigenvalue weighted by molar-refractivity contribution is 5.88. The largest absolute Gasteiger partial charge is 0.378 e. The molecule has 2 rings (SSSR count). The van der Waals surface area contributed by atoms with Crippen LogP contribution in [-0.4, -0.2) is 49.1 Å². The number of carbonyl (C=O) groups excluding carboxylic acids is 2. The Labute approximate surface area is 133 Å². The molecule has 1 saturated carbocycles. The van der Waals surface area contributed by atoms with Gasteiger partial charge in [0, 0.05) is 19.0 Å². The molecule has 0 unspecified atom stereocenters. The van der Waals surface area contributed by atoms with Gasteiger partial charge in [-0.25, -0.2) is 0 Å². The lowest BCUT2D eigenvalue weighted by Crippen LogP contribution is -2.53. The lowest BCUT2D eigenvalue weighted by Gasteiger charge is -2.32. The monoisotopic (exact) mass is 310 g/mol. The second-order valence-corrected chi connectivity index (χ2v) is 6.96. The number of carbonyl (C=O) groups is 2. The first kappa shape index (κ1) is 17.3. The third kappa shape index (κ3) is 4.97. The van der Waals surface area contributed by atoms with E-state index in [1.54, 1.807) is 0 Å². The quantitative estimate of drug-likeness (QED) is 0.844. The van der Waals surface area contributed by atoms with Crippen molar-refractivity contribution in [1.82, 2.24) is 10.2 Å². The van der Waals surface area contributed by atoms with E-state index >= 15 is 0 Å². The number of ether oxygens (including phenoxy) is 1.